The van der Waals surface area contributed by atoms with Crippen LogP contribution in [0.15, 0.2) is 41.8 Å². The highest BCUT2D eigenvalue weighted by Crippen LogP contribution is 2.23. The summed E-state index contributed by atoms with van der Waals surface area (Å²) in [6.45, 7) is 2.05. The van der Waals surface area contributed by atoms with Crippen LogP contribution in [0.4, 0.5) is 0 Å². The molecule has 6 nitrogen and oxygen atoms in total. The van der Waals surface area contributed by atoms with Crippen molar-refractivity contribution in [1.29, 1.82) is 0 Å². The van der Waals surface area contributed by atoms with E-state index in [1.807, 2.05) is 24.3 Å². The molecule has 3 N–H and O–H groups in total. The van der Waals surface area contributed by atoms with Crippen molar-refractivity contribution in [3.05, 3.63) is 47.9 Å². The van der Waals surface area contributed by atoms with Crippen LogP contribution in [0.2, 0.25) is 0 Å². The number of nitrogens with two attached hydrogens (primary N) is 1. The van der Waals surface area contributed by atoms with Gasteiger partial charge in [-0.15, -0.1) is 0 Å². The maximum absolute atomic E-state index is 8.52. The molecular formula is C13H14N4O2. The lowest BCUT2D eigenvalue weighted by Crippen LogP contribution is -2.15. The van der Waals surface area contributed by atoms with E-state index in [2.05, 4.69) is 22.0 Å². The summed E-state index contributed by atoms with van der Waals surface area (Å²) >= 11 is 0. The zero-order valence-corrected chi connectivity index (χ0v) is 10.4. The van der Waals surface area contributed by atoms with Gasteiger partial charge in [0.15, 0.2) is 5.84 Å². The molecule has 0 unspecified atom stereocenters. The first-order chi connectivity index (χ1) is 9.24. The third-order valence-corrected chi connectivity index (χ3v) is 2.57. The fourth-order valence-electron chi connectivity index (χ4n) is 1.56. The topological polar surface area (TPSA) is 93.6 Å². The summed E-state index contributed by atoms with van der Waals surface area (Å²) < 4.78 is 5.65. The summed E-state index contributed by atoms with van der Waals surface area (Å²) in [5, 5.41) is 11.4. The molecule has 0 amide bonds. The third kappa shape index (κ3) is 2.98. The van der Waals surface area contributed by atoms with Gasteiger partial charge in [0.2, 0.25) is 5.88 Å². The third-order valence-electron chi connectivity index (χ3n) is 2.57. The lowest BCUT2D eigenvalue weighted by atomic mass is 10.1. The van der Waals surface area contributed by atoms with Gasteiger partial charge >= 0.3 is 0 Å². The maximum atomic E-state index is 8.52. The molecule has 0 spiro atoms. The Hall–Kier alpha value is -2.63. The number of ether oxygens (including phenoxy) is 1. The number of benzene rings is 1. The first-order valence-corrected chi connectivity index (χ1v) is 5.80. The predicted octanol–water partition coefficient (Wildman–Crippen LogP) is 1.93. The van der Waals surface area contributed by atoms with Gasteiger partial charge in [0.25, 0.3) is 0 Å². The monoisotopic (exact) mass is 258 g/mol. The molecule has 2 aromatic rings. The van der Waals surface area contributed by atoms with E-state index in [9.17, 15) is 0 Å². The standard InChI is InChI=1S/C13H14N4O2/c1-2-9-5-3-4-6-11(9)19-12-8-15-10(7-16-12)13(14)17-18/h3-8,18H,2H2,1H3,(H2,14,17). The Morgan fingerprint density at radius 2 is 2.11 bits per heavy atom. The smallest absolute Gasteiger partial charge is 0.237 e. The molecule has 0 aliphatic rings. The van der Waals surface area contributed by atoms with Crippen molar-refractivity contribution in [2.24, 2.45) is 10.9 Å². The van der Waals surface area contributed by atoms with E-state index < -0.39 is 0 Å². The Labute approximate surface area is 110 Å². The van der Waals surface area contributed by atoms with Gasteiger partial charge in [-0.05, 0) is 18.1 Å². The van der Waals surface area contributed by atoms with Crippen molar-refractivity contribution < 1.29 is 9.94 Å². The first-order valence-electron chi connectivity index (χ1n) is 5.80. The van der Waals surface area contributed by atoms with Gasteiger partial charge in [-0.2, -0.15) is 0 Å². The molecule has 2 rings (SSSR count). The maximum Gasteiger partial charge on any atom is 0.237 e. The van der Waals surface area contributed by atoms with E-state index >= 15 is 0 Å². The minimum absolute atomic E-state index is 0.0898. The molecule has 0 atom stereocenters. The van der Waals surface area contributed by atoms with Gasteiger partial charge < -0.3 is 15.7 Å². The van der Waals surface area contributed by atoms with Gasteiger partial charge in [0.1, 0.15) is 11.4 Å². The van der Waals surface area contributed by atoms with Crippen LogP contribution >= 0.6 is 0 Å². The van der Waals surface area contributed by atoms with Crippen molar-refractivity contribution in [1.82, 2.24) is 9.97 Å². The number of rotatable bonds is 4. The average molecular weight is 258 g/mol. The molecule has 0 fully saturated rings. The lowest BCUT2D eigenvalue weighted by molar-refractivity contribution is 0.318. The average Bonchev–Trinajstić information content (AvgIpc) is 2.48. The molecule has 0 saturated carbocycles. The van der Waals surface area contributed by atoms with E-state index in [4.69, 9.17) is 15.7 Å². The zero-order valence-electron chi connectivity index (χ0n) is 10.4. The zero-order chi connectivity index (χ0) is 13.7. The normalized spacial score (nSPS) is 11.3. The van der Waals surface area contributed by atoms with Crippen LogP contribution in [0, 0.1) is 0 Å². The van der Waals surface area contributed by atoms with Gasteiger partial charge in [-0.25, -0.2) is 9.97 Å². The number of para-hydroxylation sites is 1. The molecule has 0 saturated heterocycles. The summed E-state index contributed by atoms with van der Waals surface area (Å²) in [5.41, 5.74) is 6.78. The van der Waals surface area contributed by atoms with Gasteiger partial charge in [0, 0.05) is 0 Å². The number of oxime groups is 1. The highest BCUT2D eigenvalue weighted by molar-refractivity contribution is 5.94. The number of aromatic nitrogens is 2. The van der Waals surface area contributed by atoms with Crippen LogP contribution < -0.4 is 10.5 Å². The van der Waals surface area contributed by atoms with E-state index in [1.54, 1.807) is 0 Å². The number of nitrogens with zero attached hydrogens (tertiary/aromatic N) is 3. The highest BCUT2D eigenvalue weighted by Gasteiger charge is 2.06. The summed E-state index contributed by atoms with van der Waals surface area (Å²) in [6.07, 6.45) is 3.69. The predicted molar refractivity (Wildman–Crippen MR) is 70.4 cm³/mol. The van der Waals surface area contributed by atoms with Gasteiger partial charge in [-0.1, -0.05) is 30.3 Å². The van der Waals surface area contributed by atoms with Crippen molar-refractivity contribution >= 4 is 5.84 Å². The van der Waals surface area contributed by atoms with Crippen LogP contribution in [-0.2, 0) is 6.42 Å². The molecule has 19 heavy (non-hydrogen) atoms. The second kappa shape index (κ2) is 5.81. The Balaban J connectivity index is 2.20. The molecule has 0 radical (unpaired) electrons. The second-order valence-corrected chi connectivity index (χ2v) is 3.79. The van der Waals surface area contributed by atoms with Crippen molar-refractivity contribution in [3.8, 4) is 11.6 Å². The second-order valence-electron chi connectivity index (χ2n) is 3.79. The van der Waals surface area contributed by atoms with E-state index in [1.165, 1.54) is 12.4 Å². The number of hydrogen-bond donors (Lipinski definition) is 2. The fourth-order valence-corrected chi connectivity index (χ4v) is 1.56. The molecule has 0 bridgehead atoms. The number of amidine groups is 1. The van der Waals surface area contributed by atoms with Crippen LogP contribution in [0.25, 0.3) is 0 Å². The van der Waals surface area contributed by atoms with Crippen molar-refractivity contribution in [2.75, 3.05) is 0 Å². The SMILES string of the molecule is CCc1ccccc1Oc1cnc(C(N)=NO)cn1. The molecule has 1 heterocycles. The van der Waals surface area contributed by atoms with E-state index in [0.29, 0.717) is 11.6 Å². The molecule has 0 aliphatic heterocycles. The summed E-state index contributed by atoms with van der Waals surface area (Å²) in [6, 6.07) is 7.72. The largest absolute Gasteiger partial charge is 0.437 e. The molecule has 1 aromatic carbocycles. The van der Waals surface area contributed by atoms with Crippen LogP contribution in [0.3, 0.4) is 0 Å². The summed E-state index contributed by atoms with van der Waals surface area (Å²) in [4.78, 5) is 8.06. The fraction of sp³-hybridized carbons (Fsp3) is 0.154. The quantitative estimate of drug-likeness (QED) is 0.378. The van der Waals surface area contributed by atoms with Crippen molar-refractivity contribution in [2.45, 2.75) is 13.3 Å². The molecular weight excluding hydrogens is 244 g/mol. The minimum atomic E-state index is -0.0898. The molecule has 0 aliphatic carbocycles. The summed E-state index contributed by atoms with van der Waals surface area (Å²) in [5.74, 6) is 1.01. The number of aryl methyl sites for hydroxylation is 1. The minimum Gasteiger partial charge on any atom is -0.437 e. The Morgan fingerprint density at radius 3 is 2.74 bits per heavy atom. The van der Waals surface area contributed by atoms with E-state index in [-0.39, 0.29) is 5.84 Å². The van der Waals surface area contributed by atoms with Crippen molar-refractivity contribution in [3.63, 3.8) is 0 Å². The van der Waals surface area contributed by atoms with Crippen LogP contribution in [-0.4, -0.2) is 21.0 Å². The Kier molecular flexibility index (Phi) is 3.92. The molecule has 1 aromatic heterocycles. The van der Waals surface area contributed by atoms with E-state index in [0.717, 1.165) is 17.7 Å². The van der Waals surface area contributed by atoms with Gasteiger partial charge in [-0.3, -0.25) is 0 Å². The molecule has 6 heteroatoms. The Bertz CT molecular complexity index is 581. The van der Waals surface area contributed by atoms with Crippen LogP contribution in [0.1, 0.15) is 18.2 Å². The summed E-state index contributed by atoms with van der Waals surface area (Å²) in [7, 11) is 0. The Morgan fingerprint density at radius 1 is 1.32 bits per heavy atom. The van der Waals surface area contributed by atoms with Crippen LogP contribution in [0.5, 0.6) is 11.6 Å². The highest BCUT2D eigenvalue weighted by atomic mass is 16.5. The first kappa shape index (κ1) is 12.8. The number of hydrogen-bond acceptors (Lipinski definition) is 5. The lowest BCUT2D eigenvalue weighted by Gasteiger charge is -2.08. The van der Waals surface area contributed by atoms with Gasteiger partial charge in [0.05, 0.1) is 12.4 Å². The molecule has 98 valence electrons.